The maximum Gasteiger partial charge on any atom is 0.359 e. The maximum atomic E-state index is 14.3. The first-order valence-corrected chi connectivity index (χ1v) is 8.08. The molecular formula is C20H11F4NO3. The van der Waals surface area contributed by atoms with E-state index in [-0.39, 0.29) is 11.1 Å². The fourth-order valence-corrected chi connectivity index (χ4v) is 3.42. The molecule has 1 aromatic heterocycles. The Morgan fingerprint density at radius 1 is 0.857 bits per heavy atom. The number of pyridine rings is 1. The molecule has 0 spiro atoms. The Kier molecular flexibility index (Phi) is 4.06. The fourth-order valence-electron chi connectivity index (χ4n) is 3.42. The number of hydrogen-bond acceptors (Lipinski definition) is 4. The van der Waals surface area contributed by atoms with E-state index in [0.29, 0.717) is 11.1 Å². The summed E-state index contributed by atoms with van der Waals surface area (Å²) in [5.41, 5.74) is -0.610. The molecule has 1 aliphatic rings. The molecule has 28 heavy (non-hydrogen) atoms. The lowest BCUT2D eigenvalue weighted by Gasteiger charge is -2.30. The van der Waals surface area contributed by atoms with E-state index in [4.69, 9.17) is 9.47 Å². The van der Waals surface area contributed by atoms with Crippen LogP contribution in [0.3, 0.4) is 0 Å². The predicted molar refractivity (Wildman–Crippen MR) is 89.4 cm³/mol. The van der Waals surface area contributed by atoms with Crippen molar-refractivity contribution in [3.8, 4) is 16.9 Å². The van der Waals surface area contributed by atoms with Crippen LogP contribution in [0.15, 0.2) is 48.5 Å². The van der Waals surface area contributed by atoms with E-state index in [2.05, 4.69) is 4.98 Å². The van der Waals surface area contributed by atoms with Gasteiger partial charge in [-0.05, 0) is 11.1 Å². The molecule has 0 unspecified atom stereocenters. The Labute approximate surface area is 156 Å². The van der Waals surface area contributed by atoms with Crippen LogP contribution in [-0.4, -0.2) is 18.1 Å². The number of esters is 1. The van der Waals surface area contributed by atoms with E-state index in [1.165, 1.54) is 12.1 Å². The number of fused-ring (bicyclic) bond motifs is 3. The van der Waals surface area contributed by atoms with Crippen LogP contribution in [0.1, 0.15) is 11.1 Å². The van der Waals surface area contributed by atoms with Gasteiger partial charge in [-0.25, -0.2) is 4.79 Å². The summed E-state index contributed by atoms with van der Waals surface area (Å²) in [6.07, 6.45) is 0. The van der Waals surface area contributed by atoms with Crippen LogP contribution in [0.25, 0.3) is 11.1 Å². The standard InChI is InChI=1S/C20H11F4NO3/c1-27-19(26)20(28-16-14(21)17(23)25-18(24)15(16)22)12-8-4-2-6-10(12)11-7-3-5-9-13(11)20/h2-9H,1H3. The summed E-state index contributed by atoms with van der Waals surface area (Å²) < 4.78 is 66.0. The zero-order valence-electron chi connectivity index (χ0n) is 14.3. The molecule has 0 saturated heterocycles. The van der Waals surface area contributed by atoms with Gasteiger partial charge in [-0.3, -0.25) is 0 Å². The highest BCUT2D eigenvalue weighted by Crippen LogP contribution is 2.51. The monoisotopic (exact) mass is 389 g/mol. The lowest BCUT2D eigenvalue weighted by Crippen LogP contribution is -2.42. The molecule has 142 valence electrons. The first-order valence-electron chi connectivity index (χ1n) is 8.08. The number of nitrogens with zero attached hydrogens (tertiary/aromatic N) is 1. The smallest absolute Gasteiger partial charge is 0.359 e. The minimum atomic E-state index is -2.16. The molecular weight excluding hydrogens is 378 g/mol. The van der Waals surface area contributed by atoms with Gasteiger partial charge in [0.15, 0.2) is 0 Å². The number of methoxy groups -OCH3 is 1. The molecule has 4 rings (SSSR count). The Hall–Kier alpha value is -3.42. The van der Waals surface area contributed by atoms with Crippen molar-refractivity contribution in [3.63, 3.8) is 0 Å². The lowest BCUT2D eigenvalue weighted by atomic mass is 9.91. The number of benzene rings is 2. The molecule has 0 amide bonds. The second kappa shape index (κ2) is 6.33. The van der Waals surface area contributed by atoms with Crippen molar-refractivity contribution in [2.24, 2.45) is 0 Å². The third kappa shape index (κ3) is 2.30. The molecule has 0 fully saturated rings. The Morgan fingerprint density at radius 3 is 1.79 bits per heavy atom. The molecule has 2 aromatic carbocycles. The van der Waals surface area contributed by atoms with Crippen molar-refractivity contribution in [1.29, 1.82) is 0 Å². The second-order valence-corrected chi connectivity index (χ2v) is 6.02. The van der Waals surface area contributed by atoms with Crippen molar-refractivity contribution in [2.45, 2.75) is 5.60 Å². The third-order valence-electron chi connectivity index (χ3n) is 4.59. The Bertz CT molecular complexity index is 1040. The van der Waals surface area contributed by atoms with Gasteiger partial charge in [-0.1, -0.05) is 48.5 Å². The van der Waals surface area contributed by atoms with Gasteiger partial charge in [0.25, 0.3) is 17.5 Å². The van der Waals surface area contributed by atoms with Gasteiger partial charge in [-0.2, -0.15) is 22.5 Å². The molecule has 0 atom stereocenters. The number of halogens is 4. The largest absolute Gasteiger partial charge is 0.466 e. The molecule has 0 radical (unpaired) electrons. The molecule has 0 saturated carbocycles. The van der Waals surface area contributed by atoms with Gasteiger partial charge in [0, 0.05) is 11.1 Å². The van der Waals surface area contributed by atoms with Crippen molar-refractivity contribution < 1.29 is 31.8 Å². The van der Waals surface area contributed by atoms with Crippen molar-refractivity contribution in [1.82, 2.24) is 4.98 Å². The SMILES string of the molecule is COC(=O)C1(Oc2c(F)c(F)nc(F)c2F)c2ccccc2-c2ccccc21. The predicted octanol–water partition coefficient (Wildman–Crippen LogP) is 4.11. The number of aromatic nitrogens is 1. The number of carbonyl (C=O) groups is 1. The first kappa shape index (κ1) is 18.0. The maximum absolute atomic E-state index is 14.3. The Balaban J connectivity index is 2.05. The van der Waals surface area contributed by atoms with E-state index in [1.807, 2.05) is 0 Å². The minimum Gasteiger partial charge on any atom is -0.466 e. The molecule has 3 aromatic rings. The van der Waals surface area contributed by atoms with Crippen LogP contribution in [0.2, 0.25) is 0 Å². The second-order valence-electron chi connectivity index (χ2n) is 6.02. The summed E-state index contributed by atoms with van der Waals surface area (Å²) in [7, 11) is 1.07. The minimum absolute atomic E-state index is 0.222. The quantitative estimate of drug-likeness (QED) is 0.384. The van der Waals surface area contributed by atoms with E-state index in [0.717, 1.165) is 7.11 Å². The highest BCUT2D eigenvalue weighted by molar-refractivity contribution is 5.96. The van der Waals surface area contributed by atoms with Crippen LogP contribution in [-0.2, 0) is 15.1 Å². The summed E-state index contributed by atoms with van der Waals surface area (Å²) in [4.78, 5) is 15.4. The van der Waals surface area contributed by atoms with E-state index < -0.39 is 40.8 Å². The molecule has 8 heteroatoms. The van der Waals surface area contributed by atoms with Gasteiger partial charge in [0.05, 0.1) is 7.11 Å². The molecule has 0 N–H and O–H groups in total. The van der Waals surface area contributed by atoms with Crippen molar-refractivity contribution in [2.75, 3.05) is 7.11 Å². The number of hydrogen-bond donors (Lipinski definition) is 0. The number of rotatable bonds is 3. The van der Waals surface area contributed by atoms with Crippen LogP contribution >= 0.6 is 0 Å². The van der Waals surface area contributed by atoms with Crippen LogP contribution in [0, 0.1) is 23.5 Å². The highest BCUT2D eigenvalue weighted by Gasteiger charge is 2.54. The van der Waals surface area contributed by atoms with E-state index >= 15 is 0 Å². The summed E-state index contributed by atoms with van der Waals surface area (Å²) >= 11 is 0. The molecule has 1 heterocycles. The van der Waals surface area contributed by atoms with Crippen molar-refractivity contribution >= 4 is 5.97 Å². The van der Waals surface area contributed by atoms with Gasteiger partial charge in [0.1, 0.15) is 0 Å². The van der Waals surface area contributed by atoms with E-state index in [1.54, 1.807) is 36.4 Å². The fraction of sp³-hybridized carbons (Fsp3) is 0.100. The summed E-state index contributed by atoms with van der Waals surface area (Å²) in [6.45, 7) is 0. The van der Waals surface area contributed by atoms with Crippen LogP contribution < -0.4 is 4.74 Å². The third-order valence-corrected chi connectivity index (χ3v) is 4.59. The van der Waals surface area contributed by atoms with Gasteiger partial charge in [0.2, 0.25) is 17.4 Å². The van der Waals surface area contributed by atoms with E-state index in [9.17, 15) is 22.4 Å². The number of carbonyl (C=O) groups excluding carboxylic acids is 1. The summed E-state index contributed by atoms with van der Waals surface area (Å²) in [6, 6.07) is 13.0. The van der Waals surface area contributed by atoms with Gasteiger partial charge in [-0.15, -0.1) is 0 Å². The number of ether oxygens (including phenoxy) is 2. The van der Waals surface area contributed by atoms with Crippen LogP contribution in [0.5, 0.6) is 5.75 Å². The zero-order chi connectivity index (χ0) is 20.1. The summed E-state index contributed by atoms with van der Waals surface area (Å²) in [5, 5.41) is 0. The average molecular weight is 389 g/mol. The van der Waals surface area contributed by atoms with Gasteiger partial charge < -0.3 is 9.47 Å². The molecule has 4 nitrogen and oxygen atoms in total. The molecule has 0 bridgehead atoms. The van der Waals surface area contributed by atoms with Crippen molar-refractivity contribution in [3.05, 3.63) is 83.2 Å². The average Bonchev–Trinajstić information content (AvgIpc) is 3.00. The zero-order valence-corrected chi connectivity index (χ0v) is 14.3. The normalized spacial score (nSPS) is 13.6. The topological polar surface area (TPSA) is 48.4 Å². The Morgan fingerprint density at radius 2 is 1.32 bits per heavy atom. The van der Waals surface area contributed by atoms with Gasteiger partial charge >= 0.3 is 5.97 Å². The highest BCUT2D eigenvalue weighted by atomic mass is 19.2. The lowest BCUT2D eigenvalue weighted by molar-refractivity contribution is -0.156. The molecule has 1 aliphatic carbocycles. The first-order chi connectivity index (χ1) is 13.4. The van der Waals surface area contributed by atoms with Crippen LogP contribution in [0.4, 0.5) is 17.6 Å². The summed E-state index contributed by atoms with van der Waals surface area (Å²) in [5.74, 6) is -9.92. The molecule has 0 aliphatic heterocycles.